The molecule has 3 heteroatoms. The number of hydrogen-bond acceptors (Lipinski definition) is 2. The van der Waals surface area contributed by atoms with Gasteiger partial charge in [0, 0.05) is 48.9 Å². The van der Waals surface area contributed by atoms with Gasteiger partial charge in [-0.1, -0.05) is 0 Å². The molecule has 48 valence electrons. The van der Waals surface area contributed by atoms with Crippen molar-refractivity contribution in [2.45, 2.75) is 19.4 Å². The molecule has 0 aromatic carbocycles. The third-order valence-electron chi connectivity index (χ3n) is 0.498. The number of ether oxygens (including phenoxy) is 1. The van der Waals surface area contributed by atoms with Crippen molar-refractivity contribution in [1.82, 2.24) is 0 Å². The summed E-state index contributed by atoms with van der Waals surface area (Å²) in [6.45, 7) is 3.81. The van der Waals surface area contributed by atoms with Gasteiger partial charge in [0.15, 0.2) is 0 Å². The van der Waals surface area contributed by atoms with Crippen molar-refractivity contribution in [1.29, 1.82) is 0 Å². The molecule has 0 aliphatic carbocycles. The molecular weight excluding hydrogens is 232 g/mol. The summed E-state index contributed by atoms with van der Waals surface area (Å²) in [6.07, 6.45) is 0. The number of rotatable bonds is 2. The molecule has 0 atom stereocenters. The minimum Gasteiger partial charge on any atom is -0.388 e. The summed E-state index contributed by atoms with van der Waals surface area (Å²) in [5.74, 6) is 0. The molecule has 0 aliphatic heterocycles. The van der Waals surface area contributed by atoms with E-state index < -0.39 is 5.60 Å². The van der Waals surface area contributed by atoms with Crippen LogP contribution in [0.3, 0.4) is 0 Å². The van der Waals surface area contributed by atoms with Gasteiger partial charge in [-0.2, -0.15) is 0 Å². The molecular formula is C5H12CeO2. The average Bonchev–Trinajstić information content (AvgIpc) is 1.30. The van der Waals surface area contributed by atoms with E-state index in [0.717, 1.165) is 0 Å². The van der Waals surface area contributed by atoms with E-state index in [0.29, 0.717) is 6.61 Å². The summed E-state index contributed by atoms with van der Waals surface area (Å²) in [4.78, 5) is 0. The minimum absolute atomic E-state index is 0. The Morgan fingerprint density at radius 1 is 1.50 bits per heavy atom. The zero-order valence-corrected chi connectivity index (χ0v) is 8.70. The summed E-state index contributed by atoms with van der Waals surface area (Å²) >= 11 is 0. The van der Waals surface area contributed by atoms with Crippen molar-refractivity contribution in [3.8, 4) is 0 Å². The summed E-state index contributed by atoms with van der Waals surface area (Å²) in [5, 5.41) is 8.89. The first kappa shape index (κ1) is 12.0. The maximum absolute atomic E-state index is 8.89. The van der Waals surface area contributed by atoms with Crippen molar-refractivity contribution in [3.05, 3.63) is 0 Å². The fraction of sp³-hybridized carbons (Fsp3) is 1.00. The SMILES string of the molecule is COCC(C)(C)O.[Ce]. The molecule has 2 nitrogen and oxygen atoms in total. The summed E-state index contributed by atoms with van der Waals surface area (Å²) < 4.78 is 4.66. The van der Waals surface area contributed by atoms with E-state index in [2.05, 4.69) is 4.74 Å². The Morgan fingerprint density at radius 3 is 1.88 bits per heavy atom. The molecule has 0 unspecified atom stereocenters. The maximum Gasteiger partial charge on any atom is 0.0824 e. The third kappa shape index (κ3) is 10.3. The first-order chi connectivity index (χ1) is 3.06. The van der Waals surface area contributed by atoms with Crippen LogP contribution in [0.5, 0.6) is 0 Å². The van der Waals surface area contributed by atoms with Gasteiger partial charge in [0.1, 0.15) is 0 Å². The molecule has 0 heterocycles. The molecule has 0 saturated heterocycles. The van der Waals surface area contributed by atoms with Gasteiger partial charge in [-0.15, -0.1) is 0 Å². The van der Waals surface area contributed by atoms with Gasteiger partial charge in [0.05, 0.1) is 12.2 Å². The predicted molar refractivity (Wildman–Crippen MR) is 28.2 cm³/mol. The molecule has 0 rings (SSSR count). The molecule has 0 aliphatic rings. The zero-order valence-electron chi connectivity index (χ0n) is 5.56. The van der Waals surface area contributed by atoms with Crippen LogP contribution in [-0.2, 0) is 4.74 Å². The summed E-state index contributed by atoms with van der Waals surface area (Å²) in [6, 6.07) is 0. The monoisotopic (exact) mass is 244 g/mol. The van der Waals surface area contributed by atoms with Crippen molar-refractivity contribution >= 4 is 0 Å². The van der Waals surface area contributed by atoms with E-state index in [1.165, 1.54) is 0 Å². The van der Waals surface area contributed by atoms with Crippen LogP contribution in [0, 0.1) is 41.7 Å². The molecule has 0 spiro atoms. The van der Waals surface area contributed by atoms with Crippen LogP contribution in [0.2, 0.25) is 0 Å². The first-order valence-corrected chi connectivity index (χ1v) is 2.27. The van der Waals surface area contributed by atoms with Gasteiger partial charge in [0.25, 0.3) is 0 Å². The molecule has 0 aromatic heterocycles. The van der Waals surface area contributed by atoms with Gasteiger partial charge in [-0.25, -0.2) is 0 Å². The third-order valence-corrected chi connectivity index (χ3v) is 0.498. The maximum atomic E-state index is 8.89. The number of methoxy groups -OCH3 is 1. The second-order valence-electron chi connectivity index (χ2n) is 2.25. The fourth-order valence-electron chi connectivity index (χ4n) is 0.353. The van der Waals surface area contributed by atoms with E-state index in [9.17, 15) is 0 Å². The molecule has 1 N–H and O–H groups in total. The largest absolute Gasteiger partial charge is 0.388 e. The van der Waals surface area contributed by atoms with Crippen LogP contribution >= 0.6 is 0 Å². The van der Waals surface area contributed by atoms with Crippen LogP contribution in [-0.4, -0.2) is 24.4 Å². The molecule has 0 fully saturated rings. The molecule has 0 amide bonds. The number of hydrogen-bond donors (Lipinski definition) is 1. The van der Waals surface area contributed by atoms with Gasteiger partial charge in [-0.3, -0.25) is 0 Å². The van der Waals surface area contributed by atoms with Crippen molar-refractivity contribution < 1.29 is 51.6 Å². The van der Waals surface area contributed by atoms with Crippen LogP contribution in [0.4, 0.5) is 0 Å². The molecule has 0 saturated carbocycles. The number of aliphatic hydroxyl groups is 1. The molecule has 0 aromatic rings. The summed E-state index contributed by atoms with van der Waals surface area (Å²) in [7, 11) is 1.57. The average molecular weight is 244 g/mol. The topological polar surface area (TPSA) is 29.5 Å². The van der Waals surface area contributed by atoms with Crippen molar-refractivity contribution in [3.63, 3.8) is 0 Å². The van der Waals surface area contributed by atoms with Gasteiger partial charge < -0.3 is 9.84 Å². The Kier molecular flexibility index (Phi) is 7.68. The van der Waals surface area contributed by atoms with Crippen LogP contribution < -0.4 is 0 Å². The Bertz CT molecular complexity index is 48.9. The van der Waals surface area contributed by atoms with E-state index in [4.69, 9.17) is 5.11 Å². The zero-order chi connectivity index (χ0) is 5.91. The van der Waals surface area contributed by atoms with E-state index >= 15 is 0 Å². The molecule has 0 radical (unpaired) electrons. The molecule has 8 heavy (non-hydrogen) atoms. The van der Waals surface area contributed by atoms with Crippen LogP contribution in [0.25, 0.3) is 0 Å². The van der Waals surface area contributed by atoms with Crippen molar-refractivity contribution in [2.75, 3.05) is 13.7 Å². The Labute approximate surface area is 84.0 Å². The van der Waals surface area contributed by atoms with Crippen molar-refractivity contribution in [2.24, 2.45) is 0 Å². The second-order valence-corrected chi connectivity index (χ2v) is 2.25. The van der Waals surface area contributed by atoms with Crippen LogP contribution in [0.15, 0.2) is 0 Å². The molecule has 0 bridgehead atoms. The van der Waals surface area contributed by atoms with Crippen LogP contribution in [0.1, 0.15) is 13.8 Å². The fourth-order valence-corrected chi connectivity index (χ4v) is 0.353. The predicted octanol–water partition coefficient (Wildman–Crippen LogP) is 0.404. The Hall–Kier alpha value is 1.30. The smallest absolute Gasteiger partial charge is 0.0824 e. The van der Waals surface area contributed by atoms with Gasteiger partial charge >= 0.3 is 0 Å². The van der Waals surface area contributed by atoms with Gasteiger partial charge in [0.2, 0.25) is 0 Å². The Balaban J connectivity index is 0. The second kappa shape index (κ2) is 5.11. The van der Waals surface area contributed by atoms with E-state index in [1.807, 2.05) is 0 Å². The van der Waals surface area contributed by atoms with E-state index in [1.54, 1.807) is 21.0 Å². The van der Waals surface area contributed by atoms with E-state index in [-0.39, 0.29) is 41.7 Å². The standard InChI is InChI=1S/C5H12O2.Ce/c1-5(2,6)4-7-3;/h6H,4H2,1-3H3;. The quantitative estimate of drug-likeness (QED) is 0.762. The summed E-state index contributed by atoms with van der Waals surface area (Å²) in [5.41, 5.74) is -0.672. The minimum atomic E-state index is -0.672. The van der Waals surface area contributed by atoms with Gasteiger partial charge in [-0.05, 0) is 13.8 Å². The first-order valence-electron chi connectivity index (χ1n) is 2.27. The Morgan fingerprint density at radius 2 is 1.88 bits per heavy atom. The normalized spacial score (nSPS) is 10.5.